The Hall–Kier alpha value is -3.46. The molecular weight excluding hydrogens is 462 g/mol. The molecule has 0 saturated heterocycles. The predicted octanol–water partition coefficient (Wildman–Crippen LogP) is 4.82. The third-order valence-electron chi connectivity index (χ3n) is 5.19. The monoisotopic (exact) mass is 495 g/mol. The van der Waals surface area contributed by atoms with Gasteiger partial charge in [0.25, 0.3) is 0 Å². The van der Waals surface area contributed by atoms with E-state index < -0.39 is 29.6 Å². The van der Waals surface area contributed by atoms with E-state index in [4.69, 9.17) is 18.6 Å². The summed E-state index contributed by atoms with van der Waals surface area (Å²) in [5, 5.41) is 11.1. The molecule has 1 aromatic heterocycles. The summed E-state index contributed by atoms with van der Waals surface area (Å²) in [6.45, 7) is 5.40. The van der Waals surface area contributed by atoms with Crippen molar-refractivity contribution >= 4 is 11.9 Å². The summed E-state index contributed by atoms with van der Waals surface area (Å²) in [6.07, 6.45) is -0.962. The van der Waals surface area contributed by atoms with Crippen LogP contribution in [0.15, 0.2) is 83.5 Å². The van der Waals surface area contributed by atoms with Gasteiger partial charge in [-0.2, -0.15) is 0 Å². The lowest BCUT2D eigenvalue weighted by molar-refractivity contribution is -0.0907. The van der Waals surface area contributed by atoms with Crippen LogP contribution in [-0.2, 0) is 27.4 Å². The summed E-state index contributed by atoms with van der Waals surface area (Å²) in [5.74, 6) is -0.683. The Bertz CT molecular complexity index is 1060. The number of aliphatic hydroxyl groups is 1. The van der Waals surface area contributed by atoms with E-state index in [1.54, 1.807) is 26.8 Å². The molecular formula is C28H33NO7. The standard InChI is InChI=1S/C28H33NO7/c1-28(2,3)36-27(32)29(17-21-11-6-4-7-12-21)23(25(30)26(31)24-15-10-16-35-24)19-34-20-33-18-22-13-8-5-9-14-22/h4-16,23,25,30H,17-20H2,1-3H3/t23-,25-/m0/s1. The summed E-state index contributed by atoms with van der Waals surface area (Å²) in [5.41, 5.74) is 0.989. The van der Waals surface area contributed by atoms with Gasteiger partial charge in [-0.25, -0.2) is 4.79 Å². The number of amides is 1. The van der Waals surface area contributed by atoms with Gasteiger partial charge in [0.05, 0.1) is 25.5 Å². The van der Waals surface area contributed by atoms with E-state index in [-0.39, 0.29) is 25.7 Å². The molecule has 3 aromatic rings. The predicted molar refractivity (Wildman–Crippen MR) is 133 cm³/mol. The lowest BCUT2D eigenvalue weighted by Crippen LogP contribution is -2.53. The molecule has 0 unspecified atom stereocenters. The molecule has 0 fully saturated rings. The maximum Gasteiger partial charge on any atom is 0.411 e. The molecule has 0 saturated carbocycles. The van der Waals surface area contributed by atoms with E-state index >= 15 is 0 Å². The van der Waals surface area contributed by atoms with Crippen LogP contribution in [0.1, 0.15) is 42.5 Å². The normalized spacial score (nSPS) is 13.1. The van der Waals surface area contributed by atoms with Gasteiger partial charge in [0, 0.05) is 6.54 Å². The van der Waals surface area contributed by atoms with Gasteiger partial charge in [-0.1, -0.05) is 60.7 Å². The number of benzene rings is 2. The first-order chi connectivity index (χ1) is 17.2. The molecule has 2 atom stereocenters. The average molecular weight is 496 g/mol. The Kier molecular flexibility index (Phi) is 9.81. The molecule has 8 heteroatoms. The molecule has 1 amide bonds. The summed E-state index contributed by atoms with van der Waals surface area (Å²) < 4.78 is 22.1. The van der Waals surface area contributed by atoms with Crippen LogP contribution >= 0.6 is 0 Å². The number of carbonyl (C=O) groups excluding carboxylic acids is 2. The number of ketones is 1. The first-order valence-corrected chi connectivity index (χ1v) is 11.7. The minimum Gasteiger partial charge on any atom is -0.461 e. The van der Waals surface area contributed by atoms with Crippen molar-refractivity contribution in [2.45, 2.75) is 51.7 Å². The molecule has 0 aliphatic heterocycles. The third-order valence-corrected chi connectivity index (χ3v) is 5.19. The van der Waals surface area contributed by atoms with Gasteiger partial charge >= 0.3 is 6.09 Å². The molecule has 0 bridgehead atoms. The van der Waals surface area contributed by atoms with Gasteiger partial charge in [-0.05, 0) is 44.0 Å². The van der Waals surface area contributed by atoms with Crippen molar-refractivity contribution in [1.82, 2.24) is 4.90 Å². The van der Waals surface area contributed by atoms with Crippen molar-refractivity contribution in [3.63, 3.8) is 0 Å². The number of aliphatic hydroxyl groups excluding tert-OH is 1. The van der Waals surface area contributed by atoms with Gasteiger partial charge in [0.15, 0.2) is 5.76 Å². The molecule has 1 heterocycles. The number of ether oxygens (including phenoxy) is 3. The summed E-state index contributed by atoms with van der Waals surface area (Å²) in [7, 11) is 0. The minimum atomic E-state index is -1.62. The van der Waals surface area contributed by atoms with Crippen LogP contribution < -0.4 is 0 Å². The van der Waals surface area contributed by atoms with Crippen LogP contribution in [0.3, 0.4) is 0 Å². The van der Waals surface area contributed by atoms with Crippen molar-refractivity contribution in [2.24, 2.45) is 0 Å². The van der Waals surface area contributed by atoms with Crippen molar-refractivity contribution in [1.29, 1.82) is 0 Å². The average Bonchev–Trinajstić information content (AvgIpc) is 3.39. The van der Waals surface area contributed by atoms with E-state index in [1.165, 1.54) is 17.2 Å². The summed E-state index contributed by atoms with van der Waals surface area (Å²) in [4.78, 5) is 27.5. The molecule has 2 aromatic carbocycles. The maximum atomic E-state index is 13.3. The number of carbonyl (C=O) groups is 2. The van der Waals surface area contributed by atoms with Gasteiger partial charge in [0.2, 0.25) is 5.78 Å². The highest BCUT2D eigenvalue weighted by Gasteiger charge is 2.38. The number of hydrogen-bond acceptors (Lipinski definition) is 7. The number of nitrogens with zero attached hydrogens (tertiary/aromatic N) is 1. The molecule has 3 rings (SSSR count). The van der Waals surface area contributed by atoms with E-state index in [0.29, 0.717) is 6.61 Å². The first-order valence-electron chi connectivity index (χ1n) is 11.7. The van der Waals surface area contributed by atoms with Crippen molar-refractivity contribution < 1.29 is 33.3 Å². The molecule has 0 aliphatic carbocycles. The van der Waals surface area contributed by atoms with E-state index in [0.717, 1.165) is 11.1 Å². The first kappa shape index (κ1) is 27.1. The second-order valence-corrected chi connectivity index (χ2v) is 9.27. The van der Waals surface area contributed by atoms with E-state index in [2.05, 4.69) is 0 Å². The Morgan fingerprint density at radius 1 is 0.917 bits per heavy atom. The molecule has 36 heavy (non-hydrogen) atoms. The zero-order valence-corrected chi connectivity index (χ0v) is 20.8. The van der Waals surface area contributed by atoms with E-state index in [1.807, 2.05) is 60.7 Å². The molecule has 1 N–H and O–H groups in total. The summed E-state index contributed by atoms with van der Waals surface area (Å²) >= 11 is 0. The molecule has 8 nitrogen and oxygen atoms in total. The second-order valence-electron chi connectivity index (χ2n) is 9.27. The fourth-order valence-electron chi connectivity index (χ4n) is 3.47. The number of hydrogen-bond donors (Lipinski definition) is 1. The highest BCUT2D eigenvalue weighted by Crippen LogP contribution is 2.20. The Morgan fingerprint density at radius 3 is 2.14 bits per heavy atom. The highest BCUT2D eigenvalue weighted by molar-refractivity contribution is 5.97. The van der Waals surface area contributed by atoms with Crippen LogP contribution in [0, 0.1) is 0 Å². The van der Waals surface area contributed by atoms with Gasteiger partial charge in [-0.15, -0.1) is 0 Å². The zero-order chi connectivity index (χ0) is 26.0. The van der Waals surface area contributed by atoms with Gasteiger partial charge in [-0.3, -0.25) is 9.69 Å². The Balaban J connectivity index is 1.79. The van der Waals surface area contributed by atoms with Crippen LogP contribution in [0.2, 0.25) is 0 Å². The quantitative estimate of drug-likeness (QED) is 0.218. The van der Waals surface area contributed by atoms with E-state index in [9.17, 15) is 14.7 Å². The van der Waals surface area contributed by atoms with Crippen LogP contribution in [0.5, 0.6) is 0 Å². The minimum absolute atomic E-state index is 0.0170. The molecule has 0 radical (unpaired) electrons. The fraction of sp³-hybridized carbons (Fsp3) is 0.357. The lowest BCUT2D eigenvalue weighted by atomic mass is 10.0. The molecule has 0 spiro atoms. The Labute approximate surface area is 211 Å². The van der Waals surface area contributed by atoms with Crippen LogP contribution in [0.4, 0.5) is 4.79 Å². The van der Waals surface area contributed by atoms with Gasteiger partial charge in [0.1, 0.15) is 18.5 Å². The second kappa shape index (κ2) is 13.0. The lowest BCUT2D eigenvalue weighted by Gasteiger charge is -2.35. The third kappa shape index (κ3) is 8.34. The van der Waals surface area contributed by atoms with Crippen molar-refractivity contribution in [2.75, 3.05) is 13.4 Å². The molecule has 0 aliphatic rings. The number of Topliss-reactive ketones (excluding diaryl/α,β-unsaturated/α-hetero) is 1. The van der Waals surface area contributed by atoms with Crippen LogP contribution in [0.25, 0.3) is 0 Å². The SMILES string of the molecule is CC(C)(C)OC(=O)N(Cc1ccccc1)[C@@H](COCOCc1ccccc1)[C@H](O)C(=O)c1ccco1. The molecule has 192 valence electrons. The smallest absolute Gasteiger partial charge is 0.411 e. The fourth-order valence-corrected chi connectivity index (χ4v) is 3.47. The maximum absolute atomic E-state index is 13.3. The van der Waals surface area contributed by atoms with Crippen molar-refractivity contribution in [3.05, 3.63) is 95.9 Å². The summed E-state index contributed by atoms with van der Waals surface area (Å²) in [6, 6.07) is 20.8. The largest absolute Gasteiger partial charge is 0.461 e. The number of furan rings is 1. The Morgan fingerprint density at radius 2 is 1.56 bits per heavy atom. The zero-order valence-electron chi connectivity index (χ0n) is 20.8. The highest BCUT2D eigenvalue weighted by atomic mass is 16.7. The number of rotatable bonds is 12. The van der Waals surface area contributed by atoms with Crippen LogP contribution in [-0.4, -0.2) is 53.0 Å². The van der Waals surface area contributed by atoms with Gasteiger partial charge < -0.3 is 23.7 Å². The van der Waals surface area contributed by atoms with Crippen molar-refractivity contribution in [3.8, 4) is 0 Å². The topological polar surface area (TPSA) is 98.4 Å².